The SMILES string of the molecule is NC(N)=NCCCC(N)C(=O)NC(CO)C(=O)NC(CS)C(=O)NC(Cc1ccccc1)C(=O)O. The molecule has 0 fully saturated rings. The molecule has 0 spiro atoms. The highest BCUT2D eigenvalue weighted by Gasteiger charge is 2.29. The minimum atomic E-state index is -1.39. The maximum absolute atomic E-state index is 12.6. The summed E-state index contributed by atoms with van der Waals surface area (Å²) in [7, 11) is 0. The number of carboxylic acids is 1. The van der Waals surface area contributed by atoms with Crippen molar-refractivity contribution >= 4 is 42.3 Å². The van der Waals surface area contributed by atoms with Gasteiger partial charge in [0.25, 0.3) is 0 Å². The molecule has 0 bridgehead atoms. The molecule has 14 heteroatoms. The van der Waals surface area contributed by atoms with Crippen molar-refractivity contribution in [3.63, 3.8) is 0 Å². The Balaban J connectivity index is 2.68. The minimum Gasteiger partial charge on any atom is -0.480 e. The fourth-order valence-corrected chi connectivity index (χ4v) is 3.17. The molecule has 0 radical (unpaired) electrons. The molecule has 1 aromatic carbocycles. The van der Waals surface area contributed by atoms with Gasteiger partial charge in [-0.05, 0) is 18.4 Å². The summed E-state index contributed by atoms with van der Waals surface area (Å²) < 4.78 is 0. The van der Waals surface area contributed by atoms with Crippen LogP contribution in [-0.2, 0) is 25.6 Å². The Kier molecular flexibility index (Phi) is 13.2. The van der Waals surface area contributed by atoms with Crippen molar-refractivity contribution in [2.45, 2.75) is 43.4 Å². The molecule has 11 N–H and O–H groups in total. The van der Waals surface area contributed by atoms with E-state index in [9.17, 15) is 29.4 Å². The summed E-state index contributed by atoms with van der Waals surface area (Å²) in [5, 5.41) is 26.1. The van der Waals surface area contributed by atoms with Gasteiger partial charge in [0.1, 0.15) is 18.1 Å². The van der Waals surface area contributed by atoms with Gasteiger partial charge in [-0.25, -0.2) is 4.79 Å². The lowest BCUT2D eigenvalue weighted by Crippen LogP contribution is -2.58. The predicted octanol–water partition coefficient (Wildman–Crippen LogP) is -2.93. The summed E-state index contributed by atoms with van der Waals surface area (Å²) >= 11 is 4.04. The van der Waals surface area contributed by atoms with Crippen molar-refractivity contribution < 1.29 is 29.4 Å². The van der Waals surface area contributed by atoms with E-state index < -0.39 is 54.5 Å². The van der Waals surface area contributed by atoms with Gasteiger partial charge in [0, 0.05) is 18.7 Å². The first-order valence-electron chi connectivity index (χ1n) is 10.8. The molecule has 1 aromatic rings. The first kappa shape index (κ1) is 29.7. The molecule has 0 aliphatic heterocycles. The lowest BCUT2D eigenvalue weighted by molar-refractivity contribution is -0.142. The van der Waals surface area contributed by atoms with E-state index in [1.807, 2.05) is 0 Å². The maximum atomic E-state index is 12.6. The number of nitrogens with two attached hydrogens (primary N) is 3. The molecular weight excluding hydrogens is 478 g/mol. The monoisotopic (exact) mass is 511 g/mol. The highest BCUT2D eigenvalue weighted by atomic mass is 32.1. The zero-order chi connectivity index (χ0) is 26.4. The van der Waals surface area contributed by atoms with Crippen molar-refractivity contribution in [3.05, 3.63) is 35.9 Å². The largest absolute Gasteiger partial charge is 0.480 e. The third-order valence-corrected chi connectivity index (χ3v) is 5.20. The van der Waals surface area contributed by atoms with Crippen molar-refractivity contribution in [2.75, 3.05) is 18.9 Å². The number of benzene rings is 1. The second-order valence-corrected chi connectivity index (χ2v) is 8.00. The van der Waals surface area contributed by atoms with Gasteiger partial charge in [-0.1, -0.05) is 30.3 Å². The van der Waals surface area contributed by atoms with Gasteiger partial charge in [0.15, 0.2) is 5.96 Å². The highest BCUT2D eigenvalue weighted by molar-refractivity contribution is 7.80. The number of thiol groups is 1. The van der Waals surface area contributed by atoms with Crippen LogP contribution in [0.15, 0.2) is 35.3 Å². The molecular formula is C21H33N7O6S. The first-order valence-corrected chi connectivity index (χ1v) is 11.4. The smallest absolute Gasteiger partial charge is 0.326 e. The number of carbonyl (C=O) groups excluding carboxylic acids is 3. The summed E-state index contributed by atoms with van der Waals surface area (Å²) in [6.07, 6.45) is 0.672. The molecule has 0 heterocycles. The van der Waals surface area contributed by atoms with Crippen LogP contribution in [0.4, 0.5) is 0 Å². The molecule has 4 atom stereocenters. The van der Waals surface area contributed by atoms with Crippen LogP contribution >= 0.6 is 12.6 Å². The average molecular weight is 512 g/mol. The minimum absolute atomic E-state index is 0.0333. The van der Waals surface area contributed by atoms with Gasteiger partial charge in [-0.15, -0.1) is 0 Å². The van der Waals surface area contributed by atoms with E-state index in [2.05, 4.69) is 33.6 Å². The molecule has 0 saturated heterocycles. The number of aliphatic hydroxyl groups excluding tert-OH is 1. The van der Waals surface area contributed by atoms with E-state index >= 15 is 0 Å². The number of nitrogens with one attached hydrogen (secondary N) is 3. The molecule has 0 aliphatic carbocycles. The van der Waals surface area contributed by atoms with Crippen LogP contribution in [0.1, 0.15) is 18.4 Å². The number of nitrogens with zero attached hydrogens (tertiary/aromatic N) is 1. The Bertz CT molecular complexity index is 882. The fraction of sp³-hybridized carbons (Fsp3) is 0.476. The molecule has 0 aromatic heterocycles. The first-order chi connectivity index (χ1) is 16.6. The number of carbonyl (C=O) groups is 4. The van der Waals surface area contributed by atoms with E-state index in [0.29, 0.717) is 12.0 Å². The molecule has 35 heavy (non-hydrogen) atoms. The number of carboxylic acid groups (broad SMARTS) is 1. The van der Waals surface area contributed by atoms with Gasteiger partial charge in [-0.3, -0.25) is 19.4 Å². The predicted molar refractivity (Wildman–Crippen MR) is 132 cm³/mol. The van der Waals surface area contributed by atoms with Crippen molar-refractivity contribution in [2.24, 2.45) is 22.2 Å². The van der Waals surface area contributed by atoms with Crippen LogP contribution < -0.4 is 33.2 Å². The Morgan fingerprint density at radius 1 is 0.943 bits per heavy atom. The second kappa shape index (κ2) is 15.5. The number of aliphatic carboxylic acids is 1. The van der Waals surface area contributed by atoms with E-state index in [1.165, 1.54) is 0 Å². The molecule has 0 aliphatic rings. The maximum Gasteiger partial charge on any atom is 0.326 e. The van der Waals surface area contributed by atoms with E-state index in [1.54, 1.807) is 30.3 Å². The van der Waals surface area contributed by atoms with Crippen molar-refractivity contribution in [1.29, 1.82) is 0 Å². The highest BCUT2D eigenvalue weighted by Crippen LogP contribution is 2.04. The summed E-state index contributed by atoms with van der Waals surface area (Å²) in [5.41, 5.74) is 16.9. The van der Waals surface area contributed by atoms with E-state index in [0.717, 1.165) is 0 Å². The van der Waals surface area contributed by atoms with Crippen molar-refractivity contribution in [1.82, 2.24) is 16.0 Å². The fourth-order valence-electron chi connectivity index (χ4n) is 2.91. The van der Waals surface area contributed by atoms with Gasteiger partial charge in [0.05, 0.1) is 12.6 Å². The molecule has 0 saturated carbocycles. The number of rotatable bonds is 15. The zero-order valence-electron chi connectivity index (χ0n) is 19.1. The third kappa shape index (κ3) is 11.1. The lowest BCUT2D eigenvalue weighted by atomic mass is 10.1. The van der Waals surface area contributed by atoms with E-state index in [-0.39, 0.29) is 31.1 Å². The summed E-state index contributed by atoms with van der Waals surface area (Å²) in [4.78, 5) is 52.8. The van der Waals surface area contributed by atoms with E-state index in [4.69, 9.17) is 17.2 Å². The number of aliphatic imine (C=N–C) groups is 1. The van der Waals surface area contributed by atoms with Gasteiger partial charge >= 0.3 is 5.97 Å². The zero-order valence-corrected chi connectivity index (χ0v) is 20.0. The average Bonchev–Trinajstić information content (AvgIpc) is 2.82. The summed E-state index contributed by atoms with van der Waals surface area (Å²) in [5.74, 6) is -3.83. The Labute approximate surface area is 208 Å². The Morgan fingerprint density at radius 2 is 1.51 bits per heavy atom. The van der Waals surface area contributed by atoms with Crippen LogP contribution in [-0.4, -0.2) is 82.9 Å². The number of hydrogen-bond donors (Lipinski definition) is 9. The van der Waals surface area contributed by atoms with Gasteiger partial charge in [-0.2, -0.15) is 12.6 Å². The number of hydrogen-bond acceptors (Lipinski definition) is 8. The Hall–Kier alpha value is -3.36. The summed E-state index contributed by atoms with van der Waals surface area (Å²) in [6, 6.07) is 3.88. The van der Waals surface area contributed by atoms with Crippen LogP contribution in [0.2, 0.25) is 0 Å². The van der Waals surface area contributed by atoms with Gasteiger partial charge < -0.3 is 43.4 Å². The van der Waals surface area contributed by atoms with Crippen molar-refractivity contribution in [3.8, 4) is 0 Å². The van der Waals surface area contributed by atoms with Gasteiger partial charge in [0.2, 0.25) is 17.7 Å². The molecule has 4 unspecified atom stereocenters. The number of aliphatic hydroxyl groups is 1. The molecule has 3 amide bonds. The second-order valence-electron chi connectivity index (χ2n) is 7.63. The molecule has 1 rings (SSSR count). The van der Waals surface area contributed by atoms with Crippen LogP contribution in [0, 0.1) is 0 Å². The molecule has 13 nitrogen and oxygen atoms in total. The lowest BCUT2D eigenvalue weighted by Gasteiger charge is -2.23. The number of guanidine groups is 1. The summed E-state index contributed by atoms with van der Waals surface area (Å²) in [6.45, 7) is -0.488. The third-order valence-electron chi connectivity index (χ3n) is 4.83. The quantitative estimate of drug-likeness (QED) is 0.0506. The van der Waals surface area contributed by atoms with Crippen LogP contribution in [0.25, 0.3) is 0 Å². The normalized spacial score (nSPS) is 14.0. The number of amides is 3. The van der Waals surface area contributed by atoms with Crippen LogP contribution in [0.5, 0.6) is 0 Å². The Morgan fingerprint density at radius 3 is 2.06 bits per heavy atom. The molecule has 194 valence electrons. The standard InChI is InChI=1S/C21H33N7O6S/c22-13(7-4-8-25-21(23)24)17(30)27-15(10-29)18(31)28-16(11-35)19(32)26-14(20(33)34)9-12-5-2-1-3-6-12/h1-3,5-6,13-16,29,35H,4,7-11,22H2,(H,26,32)(H,27,30)(H,28,31)(H,33,34)(H4,23,24,25). The van der Waals surface area contributed by atoms with Crippen LogP contribution in [0.3, 0.4) is 0 Å². The topological polar surface area (TPSA) is 235 Å².